The monoisotopic (exact) mass is 349 g/mol. The first-order valence-corrected chi connectivity index (χ1v) is 8.93. The lowest BCUT2D eigenvalue weighted by molar-refractivity contribution is 0.500. The van der Waals surface area contributed by atoms with Gasteiger partial charge in [0.2, 0.25) is 0 Å². The molecule has 0 bridgehead atoms. The minimum absolute atomic E-state index is 0.115. The number of aryl methyl sites for hydroxylation is 1. The van der Waals surface area contributed by atoms with Crippen LogP contribution in [-0.4, -0.2) is 9.19 Å². The van der Waals surface area contributed by atoms with E-state index >= 15 is 0 Å². The third-order valence-electron chi connectivity index (χ3n) is 3.64. The molecule has 0 aliphatic rings. The van der Waals surface area contributed by atoms with Gasteiger partial charge in [0.25, 0.3) is 5.89 Å². The van der Waals surface area contributed by atoms with Gasteiger partial charge in [-0.2, -0.15) is 0 Å². The zero-order valence-electron chi connectivity index (χ0n) is 12.8. The summed E-state index contributed by atoms with van der Waals surface area (Å²) >= 11 is 5.89. The van der Waals surface area contributed by atoms with Crippen LogP contribution >= 0.6 is 11.6 Å². The van der Waals surface area contributed by atoms with E-state index < -0.39 is 10.8 Å². The Hall–Kier alpha value is -1.85. The van der Waals surface area contributed by atoms with E-state index in [1.54, 1.807) is 30.5 Å². The van der Waals surface area contributed by atoms with Crippen molar-refractivity contribution < 1.29 is 13.0 Å². The molecule has 0 N–H and O–H groups in total. The Balaban J connectivity index is 1.76. The Morgan fingerprint density at radius 3 is 2.65 bits per heavy atom. The van der Waals surface area contributed by atoms with Gasteiger partial charge in [-0.3, -0.25) is 4.21 Å². The Morgan fingerprint density at radius 2 is 2.00 bits per heavy atom. The second kappa shape index (κ2) is 6.72. The van der Waals surface area contributed by atoms with Gasteiger partial charge in [0.1, 0.15) is 5.76 Å². The molecular weight excluding hydrogens is 334 g/mol. The van der Waals surface area contributed by atoms with E-state index in [9.17, 15) is 4.21 Å². The first-order chi connectivity index (χ1) is 11.0. The van der Waals surface area contributed by atoms with E-state index in [-0.39, 0.29) is 5.25 Å². The number of furan rings is 1. The number of hydrogen-bond donors (Lipinski definition) is 0. The fourth-order valence-corrected chi connectivity index (χ4v) is 3.59. The van der Waals surface area contributed by atoms with Crippen LogP contribution in [0.5, 0.6) is 0 Å². The quantitative estimate of drug-likeness (QED) is 0.657. The van der Waals surface area contributed by atoms with Gasteiger partial charge in [-0.05, 0) is 43.7 Å². The number of halogens is 1. The Labute approximate surface area is 141 Å². The zero-order valence-corrected chi connectivity index (χ0v) is 14.4. The van der Waals surface area contributed by atoms with Crippen molar-refractivity contribution in [2.24, 2.45) is 0 Å². The van der Waals surface area contributed by atoms with Gasteiger partial charge in [-0.1, -0.05) is 23.7 Å². The smallest absolute Gasteiger partial charge is 0.263 e. The minimum atomic E-state index is -1.11. The van der Waals surface area contributed by atoms with E-state index in [0.29, 0.717) is 33.9 Å². The Morgan fingerprint density at radius 1 is 1.26 bits per heavy atom. The van der Waals surface area contributed by atoms with Crippen LogP contribution in [0.4, 0.5) is 0 Å². The highest BCUT2D eigenvalue weighted by atomic mass is 35.5. The van der Waals surface area contributed by atoms with Gasteiger partial charge in [-0.25, -0.2) is 4.98 Å². The third-order valence-corrected chi connectivity index (χ3v) is 5.51. The molecule has 0 amide bonds. The molecule has 2 aromatic heterocycles. The first-order valence-electron chi connectivity index (χ1n) is 7.17. The van der Waals surface area contributed by atoms with Crippen LogP contribution in [0.2, 0.25) is 5.02 Å². The maximum atomic E-state index is 12.6. The van der Waals surface area contributed by atoms with Crippen LogP contribution in [0.25, 0.3) is 11.7 Å². The lowest BCUT2D eigenvalue weighted by atomic mass is 10.2. The molecule has 3 rings (SSSR count). The highest BCUT2D eigenvalue weighted by Crippen LogP contribution is 2.26. The number of hydrogen-bond acceptors (Lipinski definition) is 4. The van der Waals surface area contributed by atoms with Crippen molar-refractivity contribution in [2.75, 3.05) is 0 Å². The molecule has 2 heterocycles. The summed E-state index contributed by atoms with van der Waals surface area (Å²) in [4.78, 5) is 4.41. The van der Waals surface area contributed by atoms with Crippen molar-refractivity contribution in [1.29, 1.82) is 0 Å². The van der Waals surface area contributed by atoms with Crippen molar-refractivity contribution in [3.63, 3.8) is 0 Å². The standard InChI is InChI=1S/C17H16ClNO3S/c1-11-15(19-17(22-11)16-4-3-9-21-16)10-23(20)12(2)13-5-7-14(18)8-6-13/h3-9,12H,10H2,1-2H3/t12-,23-/m0/s1. The van der Waals surface area contributed by atoms with Crippen LogP contribution in [0.3, 0.4) is 0 Å². The highest BCUT2D eigenvalue weighted by Gasteiger charge is 2.19. The number of benzene rings is 1. The van der Waals surface area contributed by atoms with Crippen LogP contribution in [0.1, 0.15) is 29.2 Å². The first kappa shape index (κ1) is 16.0. The molecule has 0 unspecified atom stereocenters. The molecule has 0 saturated carbocycles. The SMILES string of the molecule is Cc1oc(-c2ccco2)nc1C[S@](=O)[C@@H](C)c1ccc(Cl)cc1. The molecule has 0 radical (unpaired) electrons. The summed E-state index contributed by atoms with van der Waals surface area (Å²) in [5, 5.41) is 0.553. The molecule has 23 heavy (non-hydrogen) atoms. The molecule has 0 aliphatic heterocycles. The number of nitrogens with zero attached hydrogens (tertiary/aromatic N) is 1. The van der Waals surface area contributed by atoms with Crippen molar-refractivity contribution in [2.45, 2.75) is 24.9 Å². The van der Waals surface area contributed by atoms with Gasteiger partial charge >= 0.3 is 0 Å². The Kier molecular flexibility index (Phi) is 4.68. The average Bonchev–Trinajstić information content (AvgIpc) is 3.18. The van der Waals surface area contributed by atoms with Gasteiger partial charge in [0.05, 0.1) is 23.0 Å². The Bertz CT molecular complexity index is 809. The summed E-state index contributed by atoms with van der Waals surface area (Å²) in [6, 6.07) is 11.0. The molecule has 6 heteroatoms. The maximum absolute atomic E-state index is 12.6. The zero-order chi connectivity index (χ0) is 16.4. The fourth-order valence-electron chi connectivity index (χ4n) is 2.21. The molecule has 0 spiro atoms. The molecule has 0 fully saturated rings. The second-order valence-corrected chi connectivity index (χ2v) is 7.41. The van der Waals surface area contributed by atoms with E-state index in [1.165, 1.54) is 0 Å². The van der Waals surface area contributed by atoms with Crippen LogP contribution in [0.15, 0.2) is 51.5 Å². The van der Waals surface area contributed by atoms with Gasteiger partial charge in [0.15, 0.2) is 5.76 Å². The largest absolute Gasteiger partial charge is 0.459 e. The van der Waals surface area contributed by atoms with Crippen LogP contribution in [-0.2, 0) is 16.6 Å². The number of aromatic nitrogens is 1. The number of rotatable bonds is 5. The lowest BCUT2D eigenvalue weighted by Gasteiger charge is -2.11. The lowest BCUT2D eigenvalue weighted by Crippen LogP contribution is -2.06. The molecule has 4 nitrogen and oxygen atoms in total. The third kappa shape index (κ3) is 3.57. The van der Waals surface area contributed by atoms with E-state index in [4.69, 9.17) is 20.4 Å². The van der Waals surface area contributed by atoms with E-state index in [2.05, 4.69) is 4.98 Å². The predicted octanol–water partition coefficient (Wildman–Crippen LogP) is 4.91. The van der Waals surface area contributed by atoms with E-state index in [1.807, 2.05) is 26.0 Å². The molecule has 3 aromatic rings. The van der Waals surface area contributed by atoms with Crippen molar-refractivity contribution in [3.8, 4) is 11.7 Å². The van der Waals surface area contributed by atoms with Gasteiger partial charge < -0.3 is 8.83 Å². The normalized spacial score (nSPS) is 13.9. The molecule has 120 valence electrons. The van der Waals surface area contributed by atoms with Crippen LogP contribution in [0, 0.1) is 6.92 Å². The van der Waals surface area contributed by atoms with Gasteiger partial charge in [0, 0.05) is 15.8 Å². The van der Waals surface area contributed by atoms with Crippen molar-refractivity contribution in [1.82, 2.24) is 4.98 Å². The topological polar surface area (TPSA) is 56.2 Å². The molecule has 1 aromatic carbocycles. The second-order valence-electron chi connectivity index (χ2n) is 5.22. The summed E-state index contributed by atoms with van der Waals surface area (Å²) in [5.41, 5.74) is 1.68. The summed E-state index contributed by atoms with van der Waals surface area (Å²) < 4.78 is 23.5. The molecular formula is C17H16ClNO3S. The van der Waals surface area contributed by atoms with E-state index in [0.717, 1.165) is 5.56 Å². The summed E-state index contributed by atoms with van der Waals surface area (Å²) in [5.74, 6) is 1.97. The van der Waals surface area contributed by atoms with Gasteiger partial charge in [-0.15, -0.1) is 0 Å². The van der Waals surface area contributed by atoms with Crippen molar-refractivity contribution >= 4 is 22.4 Å². The summed E-state index contributed by atoms with van der Waals surface area (Å²) in [6.45, 7) is 3.75. The molecule has 0 saturated heterocycles. The highest BCUT2D eigenvalue weighted by molar-refractivity contribution is 7.84. The fraction of sp³-hybridized carbons (Fsp3) is 0.235. The summed E-state index contributed by atoms with van der Waals surface area (Å²) in [7, 11) is -1.11. The summed E-state index contributed by atoms with van der Waals surface area (Å²) in [6.07, 6.45) is 1.56. The van der Waals surface area contributed by atoms with Crippen molar-refractivity contribution in [3.05, 3.63) is 64.7 Å². The predicted molar refractivity (Wildman–Crippen MR) is 90.7 cm³/mol. The number of oxazole rings is 1. The van der Waals surface area contributed by atoms with Crippen LogP contribution < -0.4 is 0 Å². The molecule has 0 aliphatic carbocycles. The minimum Gasteiger partial charge on any atom is -0.459 e. The average molecular weight is 350 g/mol. The molecule has 2 atom stereocenters. The maximum Gasteiger partial charge on any atom is 0.263 e.